The topological polar surface area (TPSA) is 59.1 Å². The molecule has 0 unspecified atom stereocenters. The number of aliphatic hydroxyl groups excluding tert-OH is 1. The van der Waals surface area contributed by atoms with E-state index in [0.29, 0.717) is 19.1 Å². The van der Waals surface area contributed by atoms with Crippen molar-refractivity contribution in [2.24, 2.45) is 0 Å². The zero-order valence-corrected chi connectivity index (χ0v) is 15.1. The van der Waals surface area contributed by atoms with Crippen LogP contribution in [-0.4, -0.2) is 55.1 Å². The van der Waals surface area contributed by atoms with Gasteiger partial charge in [-0.3, -0.25) is 9.58 Å². The molecule has 0 radical (unpaired) electrons. The molecule has 25 heavy (non-hydrogen) atoms. The van der Waals surface area contributed by atoms with Crippen molar-refractivity contribution in [3.8, 4) is 0 Å². The molecule has 6 nitrogen and oxygen atoms in total. The molecule has 3 heterocycles. The van der Waals surface area contributed by atoms with Crippen molar-refractivity contribution in [1.29, 1.82) is 0 Å². The van der Waals surface area contributed by atoms with E-state index in [-0.39, 0.29) is 0 Å². The summed E-state index contributed by atoms with van der Waals surface area (Å²) in [7, 11) is 0. The van der Waals surface area contributed by atoms with E-state index < -0.39 is 6.10 Å². The van der Waals surface area contributed by atoms with E-state index in [2.05, 4.69) is 58.7 Å². The van der Waals surface area contributed by atoms with E-state index >= 15 is 0 Å². The van der Waals surface area contributed by atoms with Gasteiger partial charge in [0.25, 0.3) is 0 Å². The van der Waals surface area contributed by atoms with Gasteiger partial charge < -0.3 is 9.67 Å². The van der Waals surface area contributed by atoms with Crippen LogP contribution in [0.25, 0.3) is 11.0 Å². The van der Waals surface area contributed by atoms with Crippen LogP contribution in [0, 0.1) is 20.8 Å². The molecule has 0 amide bonds. The molecule has 1 fully saturated rings. The number of rotatable bonds is 5. The molecule has 0 spiro atoms. The van der Waals surface area contributed by atoms with Gasteiger partial charge >= 0.3 is 0 Å². The molecule has 0 aliphatic carbocycles. The Kier molecular flexibility index (Phi) is 4.09. The summed E-state index contributed by atoms with van der Waals surface area (Å²) in [4.78, 5) is 6.75. The van der Waals surface area contributed by atoms with Crippen molar-refractivity contribution in [1.82, 2.24) is 24.2 Å². The number of nitrogens with zero attached hydrogens (tertiary/aromatic N) is 5. The predicted molar refractivity (Wildman–Crippen MR) is 97.7 cm³/mol. The molecule has 1 atom stereocenters. The smallest absolute Gasteiger partial charge is 0.0959 e. The van der Waals surface area contributed by atoms with E-state index in [1.54, 1.807) is 0 Å². The number of aryl methyl sites for hydroxylation is 3. The normalized spacial score (nSPS) is 17.1. The van der Waals surface area contributed by atoms with Gasteiger partial charge in [0.2, 0.25) is 0 Å². The quantitative estimate of drug-likeness (QED) is 0.773. The number of benzene rings is 1. The fourth-order valence-corrected chi connectivity index (χ4v) is 3.53. The molecule has 2 aromatic heterocycles. The average Bonchev–Trinajstić information content (AvgIpc) is 3.10. The number of hydrogen-bond donors (Lipinski definition) is 1. The van der Waals surface area contributed by atoms with Gasteiger partial charge in [-0.2, -0.15) is 5.10 Å². The molecular formula is C19H25N5O. The fraction of sp³-hybridized carbons (Fsp3) is 0.474. The van der Waals surface area contributed by atoms with Gasteiger partial charge in [-0.1, -0.05) is 0 Å². The van der Waals surface area contributed by atoms with Gasteiger partial charge in [0.15, 0.2) is 0 Å². The summed E-state index contributed by atoms with van der Waals surface area (Å²) in [5.41, 5.74) is 5.78. The van der Waals surface area contributed by atoms with Crippen LogP contribution in [-0.2, 0) is 6.54 Å². The number of hydrogen-bond acceptors (Lipinski definition) is 4. The Morgan fingerprint density at radius 3 is 2.64 bits per heavy atom. The molecule has 1 saturated heterocycles. The zero-order valence-electron chi connectivity index (χ0n) is 15.1. The van der Waals surface area contributed by atoms with Gasteiger partial charge in [-0.15, -0.1) is 0 Å². The van der Waals surface area contributed by atoms with Crippen LogP contribution < -0.4 is 0 Å². The van der Waals surface area contributed by atoms with Crippen molar-refractivity contribution in [2.45, 2.75) is 39.5 Å². The summed E-state index contributed by atoms with van der Waals surface area (Å²) in [5, 5.41) is 14.9. The Morgan fingerprint density at radius 1 is 1.16 bits per heavy atom. The van der Waals surface area contributed by atoms with E-state index in [4.69, 9.17) is 0 Å². The minimum absolute atomic E-state index is 0.403. The molecule has 6 heteroatoms. The lowest BCUT2D eigenvalue weighted by Gasteiger charge is -2.40. The molecule has 3 aromatic rings. The van der Waals surface area contributed by atoms with Crippen LogP contribution in [0.15, 0.2) is 30.9 Å². The second-order valence-electron chi connectivity index (χ2n) is 7.35. The standard InChI is InChI=1S/C19H25N5O/c1-13-6-21-24(7-13)16-8-22(9-16)10-17(25)11-23-12-20-18-4-14(2)15(3)5-19(18)23/h4-7,12,16-17,25H,8-11H2,1-3H3/t17-/m1/s1. The number of likely N-dealkylation sites (tertiary alicyclic amines) is 1. The monoisotopic (exact) mass is 339 g/mol. The maximum absolute atomic E-state index is 10.5. The Hall–Kier alpha value is -2.18. The third-order valence-corrected chi connectivity index (χ3v) is 5.16. The Morgan fingerprint density at radius 2 is 1.92 bits per heavy atom. The van der Waals surface area contributed by atoms with E-state index in [1.165, 1.54) is 16.7 Å². The van der Waals surface area contributed by atoms with Crippen LogP contribution in [0.5, 0.6) is 0 Å². The minimum atomic E-state index is -0.403. The summed E-state index contributed by atoms with van der Waals surface area (Å²) < 4.78 is 4.09. The van der Waals surface area contributed by atoms with Crippen molar-refractivity contribution in [3.05, 3.63) is 47.5 Å². The van der Waals surface area contributed by atoms with Crippen LogP contribution in [0.1, 0.15) is 22.7 Å². The Labute approximate surface area is 147 Å². The molecule has 0 bridgehead atoms. The van der Waals surface area contributed by atoms with Gasteiger partial charge in [0.1, 0.15) is 0 Å². The van der Waals surface area contributed by atoms with Gasteiger partial charge in [-0.05, 0) is 49.6 Å². The lowest BCUT2D eigenvalue weighted by atomic mass is 10.1. The third kappa shape index (κ3) is 3.19. The predicted octanol–water partition coefficient (Wildman–Crippen LogP) is 2.08. The highest BCUT2D eigenvalue weighted by molar-refractivity contribution is 5.77. The zero-order chi connectivity index (χ0) is 17.6. The van der Waals surface area contributed by atoms with Crippen molar-refractivity contribution in [2.75, 3.05) is 19.6 Å². The minimum Gasteiger partial charge on any atom is -0.390 e. The lowest BCUT2D eigenvalue weighted by Crippen LogP contribution is -2.51. The Balaban J connectivity index is 1.35. The number of β-amino-alcohol motifs (C(OH)–C–C–N with tert-alkyl or cyclic N) is 1. The second kappa shape index (κ2) is 6.28. The molecule has 0 saturated carbocycles. The van der Waals surface area contributed by atoms with Gasteiger partial charge in [-0.25, -0.2) is 4.98 Å². The van der Waals surface area contributed by atoms with Gasteiger partial charge in [0, 0.05) is 25.8 Å². The maximum Gasteiger partial charge on any atom is 0.0959 e. The lowest BCUT2D eigenvalue weighted by molar-refractivity contribution is 0.0343. The summed E-state index contributed by atoms with van der Waals surface area (Å²) in [6.07, 6.45) is 5.41. The van der Waals surface area contributed by atoms with Crippen molar-refractivity contribution < 1.29 is 5.11 Å². The SMILES string of the molecule is Cc1cnn(C2CN(C[C@@H](O)Cn3cnc4cc(C)c(C)cc43)C2)c1. The van der Waals surface area contributed by atoms with Crippen molar-refractivity contribution >= 4 is 11.0 Å². The van der Waals surface area contributed by atoms with E-state index in [9.17, 15) is 5.11 Å². The van der Waals surface area contributed by atoms with Crippen LogP contribution >= 0.6 is 0 Å². The van der Waals surface area contributed by atoms with Crippen LogP contribution in [0.3, 0.4) is 0 Å². The van der Waals surface area contributed by atoms with Crippen LogP contribution in [0.2, 0.25) is 0 Å². The molecule has 132 valence electrons. The van der Waals surface area contributed by atoms with E-state index in [0.717, 1.165) is 24.1 Å². The number of aliphatic hydroxyl groups is 1. The summed E-state index contributed by atoms with van der Waals surface area (Å²) in [6.45, 7) is 9.41. The molecule has 4 rings (SSSR count). The number of fused-ring (bicyclic) bond motifs is 1. The second-order valence-corrected chi connectivity index (χ2v) is 7.35. The first kappa shape index (κ1) is 16.3. The maximum atomic E-state index is 10.5. The van der Waals surface area contributed by atoms with Gasteiger partial charge in [0.05, 0.1) is 42.2 Å². The highest BCUT2D eigenvalue weighted by atomic mass is 16.3. The fourth-order valence-electron chi connectivity index (χ4n) is 3.53. The molecule has 1 aliphatic rings. The number of imidazole rings is 1. The molecule has 1 aliphatic heterocycles. The van der Waals surface area contributed by atoms with E-state index in [1.807, 2.05) is 17.2 Å². The highest BCUT2D eigenvalue weighted by Gasteiger charge is 2.30. The molecular weight excluding hydrogens is 314 g/mol. The first-order chi connectivity index (χ1) is 12.0. The van der Waals surface area contributed by atoms with Crippen molar-refractivity contribution in [3.63, 3.8) is 0 Å². The highest BCUT2D eigenvalue weighted by Crippen LogP contribution is 2.22. The first-order valence-electron chi connectivity index (χ1n) is 8.83. The first-order valence-corrected chi connectivity index (χ1v) is 8.83. The Bertz CT molecular complexity index is 890. The largest absolute Gasteiger partial charge is 0.390 e. The molecule has 1 aromatic carbocycles. The molecule has 1 N–H and O–H groups in total. The summed E-state index contributed by atoms with van der Waals surface area (Å²) >= 11 is 0. The van der Waals surface area contributed by atoms with Crippen LogP contribution in [0.4, 0.5) is 0 Å². The number of aromatic nitrogens is 4. The summed E-state index contributed by atoms with van der Waals surface area (Å²) in [6, 6.07) is 4.70. The summed E-state index contributed by atoms with van der Waals surface area (Å²) in [5.74, 6) is 0. The average molecular weight is 339 g/mol. The third-order valence-electron chi connectivity index (χ3n) is 5.16.